The fourth-order valence-electron chi connectivity index (χ4n) is 3.16. The second-order valence-corrected chi connectivity index (χ2v) is 9.73. The number of hydrogen-bond acceptors (Lipinski definition) is 12. The van der Waals surface area contributed by atoms with E-state index in [1.807, 2.05) is 0 Å². The van der Waals surface area contributed by atoms with E-state index in [4.69, 9.17) is 17.0 Å². The van der Waals surface area contributed by atoms with Gasteiger partial charge in [-0.2, -0.15) is 0 Å². The van der Waals surface area contributed by atoms with Gasteiger partial charge in [-0.05, 0) is 5.57 Å². The first-order valence-electron chi connectivity index (χ1n) is 9.45. The number of carboxylic acid groups (broad SMARTS) is 1. The Bertz CT molecular complexity index is 1220. The smallest absolute Gasteiger partial charge is 0.352 e. The summed E-state index contributed by atoms with van der Waals surface area (Å²) < 4.78 is 0. The molecule has 1 saturated heterocycles. The number of terminal acetylenes is 1. The highest BCUT2D eigenvalue weighted by Crippen LogP contribution is 2.41. The van der Waals surface area contributed by atoms with Gasteiger partial charge in [0.05, 0.1) is 6.20 Å². The molecule has 4 rings (SSSR count). The molecule has 1 fully saturated rings. The van der Waals surface area contributed by atoms with Gasteiger partial charge in [0.2, 0.25) is 0 Å². The molecule has 2 atom stereocenters. The highest BCUT2D eigenvalue weighted by atomic mass is 32.2. The number of carboxylic acids is 1. The molecule has 0 spiro atoms. The van der Waals surface area contributed by atoms with Crippen LogP contribution in [0.2, 0.25) is 0 Å². The van der Waals surface area contributed by atoms with Crippen molar-refractivity contribution in [2.24, 2.45) is 5.16 Å². The fourth-order valence-corrected chi connectivity index (χ4v) is 5.98. The molecule has 0 aromatic carbocycles. The van der Waals surface area contributed by atoms with E-state index in [1.54, 1.807) is 0 Å². The fraction of sp³-hybridized carbons (Fsp3) is 0.278. The summed E-state index contributed by atoms with van der Waals surface area (Å²) >= 11 is 3.78. The number of aromatic nitrogens is 4. The molecule has 13 nitrogen and oxygen atoms in total. The van der Waals surface area contributed by atoms with Gasteiger partial charge in [-0.25, -0.2) is 9.78 Å². The average molecular weight is 521 g/mol. The van der Waals surface area contributed by atoms with Crippen molar-refractivity contribution in [2.45, 2.75) is 16.4 Å². The maximum Gasteiger partial charge on any atom is 0.352 e. The number of carbonyl (C=O) groups excluding carboxylic acids is 2. The molecular weight excluding hydrogens is 504 g/mol. The van der Waals surface area contributed by atoms with Crippen LogP contribution in [0.15, 0.2) is 33.0 Å². The van der Waals surface area contributed by atoms with Crippen molar-refractivity contribution in [2.75, 3.05) is 23.8 Å². The van der Waals surface area contributed by atoms with Crippen LogP contribution in [0.4, 0.5) is 5.13 Å². The van der Waals surface area contributed by atoms with E-state index < -0.39 is 29.2 Å². The lowest BCUT2D eigenvalue weighted by Gasteiger charge is -2.49. The summed E-state index contributed by atoms with van der Waals surface area (Å²) in [7, 11) is 0. The molecule has 16 heteroatoms. The van der Waals surface area contributed by atoms with Gasteiger partial charge >= 0.3 is 5.97 Å². The molecule has 2 aliphatic heterocycles. The van der Waals surface area contributed by atoms with Gasteiger partial charge in [-0.1, -0.05) is 16.3 Å². The van der Waals surface area contributed by atoms with E-state index in [2.05, 4.69) is 36.8 Å². The van der Waals surface area contributed by atoms with Crippen molar-refractivity contribution >= 4 is 63.5 Å². The number of nitrogen functional groups attached to an aromatic ring is 1. The minimum Gasteiger partial charge on any atom is -0.477 e. The molecule has 2 aromatic rings. The van der Waals surface area contributed by atoms with Crippen LogP contribution in [0.1, 0.15) is 5.69 Å². The number of nitrogens with two attached hydrogens (primary N) is 1. The van der Waals surface area contributed by atoms with Gasteiger partial charge < -0.3 is 21.0 Å². The van der Waals surface area contributed by atoms with Crippen molar-refractivity contribution < 1.29 is 24.3 Å². The molecule has 0 aliphatic carbocycles. The van der Waals surface area contributed by atoms with E-state index in [0.717, 1.165) is 11.3 Å². The predicted molar refractivity (Wildman–Crippen MR) is 125 cm³/mol. The quantitative estimate of drug-likeness (QED) is 0.0850. The Balaban J connectivity index is 1.49. The van der Waals surface area contributed by atoms with Crippen molar-refractivity contribution in [3.63, 3.8) is 0 Å². The number of aromatic amines is 1. The number of hydrogen-bond donors (Lipinski definition) is 4. The summed E-state index contributed by atoms with van der Waals surface area (Å²) in [5.74, 6) is 0.436. The number of nitrogens with zero attached hydrogens (tertiary/aromatic N) is 5. The zero-order valence-corrected chi connectivity index (χ0v) is 19.6. The number of amides is 2. The molecule has 34 heavy (non-hydrogen) atoms. The van der Waals surface area contributed by atoms with Crippen LogP contribution in [-0.2, 0) is 19.2 Å². The van der Waals surface area contributed by atoms with Crippen LogP contribution in [0.25, 0.3) is 0 Å². The summed E-state index contributed by atoms with van der Waals surface area (Å²) in [6.07, 6.45) is 6.66. The second-order valence-electron chi connectivity index (χ2n) is 6.72. The lowest BCUT2D eigenvalue weighted by molar-refractivity contribution is -0.150. The highest BCUT2D eigenvalue weighted by molar-refractivity contribution is 8.01. The SMILES string of the molecule is C#CCON=C(C(=O)NC1C(=O)N2C(C(=O)O)=C(CSc3cnn[nH]3)CS[C@@H]12)c1csc(N)n1. The Labute approximate surface area is 204 Å². The third-order valence-electron chi connectivity index (χ3n) is 4.61. The van der Waals surface area contributed by atoms with Crippen LogP contribution >= 0.6 is 34.9 Å². The number of oxime groups is 1. The van der Waals surface area contributed by atoms with Crippen molar-refractivity contribution in [1.82, 2.24) is 30.6 Å². The molecular formula is C18H16N8O5S3. The third kappa shape index (κ3) is 4.71. The standard InChI is InChI=1S/C18H16N8O5S3/c1-2-3-31-24-11(9-7-34-18(19)21-9)14(27)22-12-15(28)26-13(17(29)30)8(6-33-16(12)26)5-32-10-4-20-25-23-10/h1,4,7,12,16H,3,5-6H2,(H2,19,21)(H,22,27)(H,29,30)(H,20,23,25)/t12?,16-/m0/s1. The van der Waals surface area contributed by atoms with Gasteiger partial charge in [0, 0.05) is 16.9 Å². The van der Waals surface area contributed by atoms with Crippen molar-refractivity contribution in [3.8, 4) is 12.3 Å². The van der Waals surface area contributed by atoms with Crippen molar-refractivity contribution in [3.05, 3.63) is 28.5 Å². The van der Waals surface area contributed by atoms with Gasteiger partial charge in [-0.3, -0.25) is 19.6 Å². The number of nitrogens with one attached hydrogen (secondary N) is 2. The van der Waals surface area contributed by atoms with Gasteiger partial charge in [-0.15, -0.1) is 46.4 Å². The third-order valence-corrected chi connectivity index (χ3v) is 7.63. The molecule has 2 amide bonds. The zero-order valence-electron chi connectivity index (χ0n) is 17.1. The highest BCUT2D eigenvalue weighted by Gasteiger charge is 2.54. The molecule has 1 unspecified atom stereocenters. The van der Waals surface area contributed by atoms with Gasteiger partial charge in [0.25, 0.3) is 11.8 Å². The first-order chi connectivity index (χ1) is 16.4. The molecule has 0 saturated carbocycles. The molecule has 0 radical (unpaired) electrons. The molecule has 2 aromatic heterocycles. The largest absolute Gasteiger partial charge is 0.477 e. The summed E-state index contributed by atoms with van der Waals surface area (Å²) in [6.45, 7) is -0.173. The molecule has 5 N–H and O–H groups in total. The predicted octanol–water partition coefficient (Wildman–Crippen LogP) is -0.272. The average Bonchev–Trinajstić information content (AvgIpc) is 3.49. The van der Waals surface area contributed by atoms with E-state index >= 15 is 0 Å². The lowest BCUT2D eigenvalue weighted by atomic mass is 10.0. The summed E-state index contributed by atoms with van der Waals surface area (Å²) in [5, 5.41) is 27.9. The first kappa shape index (κ1) is 23.6. The number of anilines is 1. The second kappa shape index (κ2) is 10.2. The minimum absolute atomic E-state index is 0.0854. The number of rotatable bonds is 9. The first-order valence-corrected chi connectivity index (χ1v) is 12.4. The summed E-state index contributed by atoms with van der Waals surface area (Å²) in [6, 6.07) is -0.952. The van der Waals surface area contributed by atoms with Crippen molar-refractivity contribution in [1.29, 1.82) is 0 Å². The maximum atomic E-state index is 12.9. The van der Waals surface area contributed by atoms with Gasteiger partial charge in [0.1, 0.15) is 27.8 Å². The normalized spacial score (nSPS) is 19.8. The number of thioether (sulfide) groups is 2. The van der Waals surface area contributed by atoms with Crippen LogP contribution < -0.4 is 11.1 Å². The molecule has 2 aliphatic rings. The minimum atomic E-state index is -1.22. The van der Waals surface area contributed by atoms with Gasteiger partial charge in [0.15, 0.2) is 17.5 Å². The topological polar surface area (TPSA) is 189 Å². The van der Waals surface area contributed by atoms with Crippen LogP contribution in [0, 0.1) is 12.3 Å². The summed E-state index contributed by atoms with van der Waals surface area (Å²) in [5.41, 5.74) is 6.10. The lowest BCUT2D eigenvalue weighted by Crippen LogP contribution is -2.71. The van der Waals surface area contributed by atoms with Crippen LogP contribution in [-0.4, -0.2) is 83.4 Å². The molecule has 176 valence electrons. The van der Waals surface area contributed by atoms with E-state index in [-0.39, 0.29) is 28.8 Å². The van der Waals surface area contributed by atoms with Crippen LogP contribution in [0.5, 0.6) is 0 Å². The number of fused-ring (bicyclic) bond motifs is 1. The summed E-state index contributed by atoms with van der Waals surface area (Å²) in [4.78, 5) is 47.9. The number of thiazole rings is 1. The Morgan fingerprint density at radius 2 is 2.35 bits per heavy atom. The Morgan fingerprint density at radius 3 is 3.00 bits per heavy atom. The monoisotopic (exact) mass is 520 g/mol. The van der Waals surface area contributed by atoms with Crippen LogP contribution in [0.3, 0.4) is 0 Å². The number of H-pyrrole nitrogens is 1. The zero-order chi connectivity index (χ0) is 24.2. The van der Waals surface area contributed by atoms with E-state index in [9.17, 15) is 19.5 Å². The molecule has 4 heterocycles. The maximum absolute atomic E-state index is 12.9. The Kier molecular flexibility index (Phi) is 7.05. The Morgan fingerprint density at radius 1 is 1.53 bits per heavy atom. The number of aliphatic carboxylic acids is 1. The van der Waals surface area contributed by atoms with E-state index in [1.165, 1.54) is 40.0 Å². The Hall–Kier alpha value is -3.55. The van der Waals surface area contributed by atoms with E-state index in [0.29, 0.717) is 22.1 Å². The molecule has 0 bridgehead atoms. The number of carbonyl (C=O) groups is 3. The number of β-lactam (4-membered cyclic amide) rings is 1.